The molecule has 0 radical (unpaired) electrons. The van der Waals surface area contributed by atoms with E-state index in [1.807, 2.05) is 66.9 Å². The highest BCUT2D eigenvalue weighted by Gasteiger charge is 2.22. The number of nitrogens with zero attached hydrogens (tertiary/aromatic N) is 2. The number of piperidine rings is 1. The van der Waals surface area contributed by atoms with Crippen molar-refractivity contribution >= 4 is 17.6 Å². The number of benzene rings is 2. The van der Waals surface area contributed by atoms with Gasteiger partial charge in [-0.3, -0.25) is 9.59 Å². The van der Waals surface area contributed by atoms with Gasteiger partial charge in [-0.15, -0.1) is 0 Å². The fourth-order valence-corrected chi connectivity index (χ4v) is 4.15. The van der Waals surface area contributed by atoms with Crippen LogP contribution in [0.1, 0.15) is 41.3 Å². The third-order valence-corrected chi connectivity index (χ3v) is 6.32. The van der Waals surface area contributed by atoms with E-state index in [9.17, 15) is 9.59 Å². The predicted molar refractivity (Wildman–Crippen MR) is 135 cm³/mol. The van der Waals surface area contributed by atoms with Crippen LogP contribution < -0.4 is 15.5 Å². The Balaban J connectivity index is 1.38. The second kappa shape index (κ2) is 11.5. The van der Waals surface area contributed by atoms with Crippen LogP contribution in [-0.4, -0.2) is 35.9 Å². The highest BCUT2D eigenvalue weighted by molar-refractivity contribution is 5.97. The number of aromatic nitrogens is 1. The van der Waals surface area contributed by atoms with Crippen LogP contribution in [0.3, 0.4) is 0 Å². The van der Waals surface area contributed by atoms with Gasteiger partial charge >= 0.3 is 0 Å². The second-order valence-electron chi connectivity index (χ2n) is 8.99. The summed E-state index contributed by atoms with van der Waals surface area (Å²) in [5.74, 6) is 1.27. The molecule has 0 spiro atoms. The van der Waals surface area contributed by atoms with Crippen molar-refractivity contribution < 1.29 is 9.59 Å². The maximum atomic E-state index is 13.1. The van der Waals surface area contributed by atoms with E-state index in [0.29, 0.717) is 18.5 Å². The van der Waals surface area contributed by atoms with Gasteiger partial charge in [0, 0.05) is 37.8 Å². The van der Waals surface area contributed by atoms with Gasteiger partial charge in [-0.2, -0.15) is 0 Å². The fraction of sp³-hybridized carbons (Fsp3) is 0.321. The van der Waals surface area contributed by atoms with E-state index >= 15 is 0 Å². The van der Waals surface area contributed by atoms with Gasteiger partial charge < -0.3 is 15.5 Å². The Bertz CT molecular complexity index is 1060. The van der Waals surface area contributed by atoms with Gasteiger partial charge in [0.25, 0.3) is 5.91 Å². The number of hydrogen-bond acceptors (Lipinski definition) is 4. The number of amides is 2. The van der Waals surface area contributed by atoms with Crippen molar-refractivity contribution in [3.63, 3.8) is 0 Å². The number of pyridine rings is 1. The van der Waals surface area contributed by atoms with Crippen molar-refractivity contribution in [2.45, 2.75) is 38.8 Å². The SMILES string of the molecule is CC1CCN(c2ccc(CNC(=O)C(Cc3ccccc3)NC(=O)c3ccccc3)cn2)CC1. The molecule has 2 amide bonds. The van der Waals surface area contributed by atoms with Gasteiger partial charge in [0.2, 0.25) is 5.91 Å². The molecular formula is C28H32N4O2. The fourth-order valence-electron chi connectivity index (χ4n) is 4.15. The van der Waals surface area contributed by atoms with Gasteiger partial charge in [-0.1, -0.05) is 61.5 Å². The Kier molecular flexibility index (Phi) is 7.91. The molecule has 0 bridgehead atoms. The summed E-state index contributed by atoms with van der Waals surface area (Å²) < 4.78 is 0. The normalized spacial score (nSPS) is 14.9. The topological polar surface area (TPSA) is 74.3 Å². The molecule has 6 heteroatoms. The summed E-state index contributed by atoms with van der Waals surface area (Å²) >= 11 is 0. The van der Waals surface area contributed by atoms with E-state index in [0.717, 1.165) is 36.0 Å². The van der Waals surface area contributed by atoms with Crippen LogP contribution in [-0.2, 0) is 17.8 Å². The zero-order valence-electron chi connectivity index (χ0n) is 19.6. The van der Waals surface area contributed by atoms with Gasteiger partial charge in [0.1, 0.15) is 11.9 Å². The van der Waals surface area contributed by atoms with E-state index in [1.165, 1.54) is 12.8 Å². The maximum Gasteiger partial charge on any atom is 0.251 e. The van der Waals surface area contributed by atoms with Crippen molar-refractivity contribution in [3.8, 4) is 0 Å². The largest absolute Gasteiger partial charge is 0.357 e. The van der Waals surface area contributed by atoms with Gasteiger partial charge in [-0.05, 0) is 48.1 Å². The maximum absolute atomic E-state index is 13.1. The third kappa shape index (κ3) is 6.44. The number of anilines is 1. The lowest BCUT2D eigenvalue weighted by atomic mass is 9.99. The lowest BCUT2D eigenvalue weighted by Gasteiger charge is -2.31. The number of nitrogens with one attached hydrogen (secondary N) is 2. The van der Waals surface area contributed by atoms with Crippen molar-refractivity contribution in [1.82, 2.24) is 15.6 Å². The number of carbonyl (C=O) groups is 2. The third-order valence-electron chi connectivity index (χ3n) is 6.32. The first kappa shape index (κ1) is 23.5. The molecule has 1 saturated heterocycles. The summed E-state index contributed by atoms with van der Waals surface area (Å²) in [6, 6.07) is 22.0. The molecule has 1 aliphatic heterocycles. The highest BCUT2D eigenvalue weighted by atomic mass is 16.2. The molecule has 1 aromatic heterocycles. The van der Waals surface area contributed by atoms with E-state index in [4.69, 9.17) is 0 Å². The van der Waals surface area contributed by atoms with Gasteiger partial charge in [0.15, 0.2) is 0 Å². The number of carbonyl (C=O) groups excluding carboxylic acids is 2. The minimum atomic E-state index is -0.683. The molecule has 1 unspecified atom stereocenters. The first-order valence-electron chi connectivity index (χ1n) is 12.0. The molecule has 3 aromatic rings. The van der Waals surface area contributed by atoms with Crippen LogP contribution in [0, 0.1) is 5.92 Å². The minimum Gasteiger partial charge on any atom is -0.357 e. The van der Waals surface area contributed by atoms with Crippen molar-refractivity contribution in [2.75, 3.05) is 18.0 Å². The summed E-state index contributed by atoms with van der Waals surface area (Å²) in [6.45, 7) is 4.72. The second-order valence-corrected chi connectivity index (χ2v) is 8.99. The van der Waals surface area contributed by atoms with Crippen molar-refractivity contribution in [3.05, 3.63) is 95.7 Å². The summed E-state index contributed by atoms with van der Waals surface area (Å²) in [7, 11) is 0. The van der Waals surface area contributed by atoms with Crippen LogP contribution >= 0.6 is 0 Å². The molecule has 4 rings (SSSR count). The first-order valence-corrected chi connectivity index (χ1v) is 12.0. The summed E-state index contributed by atoms with van der Waals surface area (Å²) in [4.78, 5) is 32.7. The molecule has 1 atom stereocenters. The minimum absolute atomic E-state index is 0.220. The molecule has 0 aliphatic carbocycles. The standard InChI is InChI=1S/C28H32N4O2/c1-21-14-16-32(17-15-21)26-13-12-23(19-29-26)20-30-28(34)25(18-22-8-4-2-5-9-22)31-27(33)24-10-6-3-7-11-24/h2-13,19,21,25H,14-18,20H2,1H3,(H,30,34)(H,31,33). The number of hydrogen-bond donors (Lipinski definition) is 2. The summed E-state index contributed by atoms with van der Waals surface area (Å²) in [5, 5.41) is 5.87. The van der Waals surface area contributed by atoms with Crippen LogP contribution in [0.5, 0.6) is 0 Å². The molecular weight excluding hydrogens is 424 g/mol. The van der Waals surface area contributed by atoms with Crippen molar-refractivity contribution in [1.29, 1.82) is 0 Å². The average Bonchev–Trinajstić information content (AvgIpc) is 2.89. The Hall–Kier alpha value is -3.67. The number of rotatable bonds is 8. The van der Waals surface area contributed by atoms with Gasteiger partial charge in [0.05, 0.1) is 0 Å². The molecule has 2 heterocycles. The summed E-state index contributed by atoms with van der Waals surface area (Å²) in [5.41, 5.74) is 2.44. The van der Waals surface area contributed by atoms with Crippen LogP contribution in [0.25, 0.3) is 0 Å². The Labute approximate surface area is 201 Å². The Morgan fingerprint density at radius 2 is 1.62 bits per heavy atom. The molecule has 1 aliphatic rings. The van der Waals surface area contributed by atoms with Crippen LogP contribution in [0.4, 0.5) is 5.82 Å². The molecule has 0 saturated carbocycles. The predicted octanol–water partition coefficient (Wildman–Crippen LogP) is 3.98. The molecule has 6 nitrogen and oxygen atoms in total. The van der Waals surface area contributed by atoms with Crippen LogP contribution in [0.2, 0.25) is 0 Å². The molecule has 176 valence electrons. The monoisotopic (exact) mass is 456 g/mol. The summed E-state index contributed by atoms with van der Waals surface area (Å²) in [6.07, 6.45) is 4.62. The first-order chi connectivity index (χ1) is 16.6. The van der Waals surface area contributed by atoms with E-state index in [-0.39, 0.29) is 11.8 Å². The van der Waals surface area contributed by atoms with Crippen LogP contribution in [0.15, 0.2) is 79.0 Å². The zero-order valence-corrected chi connectivity index (χ0v) is 19.6. The van der Waals surface area contributed by atoms with Crippen molar-refractivity contribution in [2.24, 2.45) is 5.92 Å². The average molecular weight is 457 g/mol. The molecule has 2 aromatic carbocycles. The van der Waals surface area contributed by atoms with E-state index in [2.05, 4.69) is 27.4 Å². The van der Waals surface area contributed by atoms with Gasteiger partial charge in [-0.25, -0.2) is 4.98 Å². The smallest absolute Gasteiger partial charge is 0.251 e. The zero-order chi connectivity index (χ0) is 23.8. The lowest BCUT2D eigenvalue weighted by Crippen LogP contribution is -2.47. The molecule has 2 N–H and O–H groups in total. The Morgan fingerprint density at radius 1 is 0.941 bits per heavy atom. The lowest BCUT2D eigenvalue weighted by molar-refractivity contribution is -0.123. The quantitative estimate of drug-likeness (QED) is 0.538. The highest BCUT2D eigenvalue weighted by Crippen LogP contribution is 2.21. The Morgan fingerprint density at radius 3 is 2.26 bits per heavy atom. The van der Waals surface area contributed by atoms with E-state index < -0.39 is 6.04 Å². The van der Waals surface area contributed by atoms with E-state index in [1.54, 1.807) is 12.1 Å². The molecule has 34 heavy (non-hydrogen) atoms. The molecule has 1 fully saturated rings.